The molecule has 0 aromatic carbocycles. The van der Waals surface area contributed by atoms with Crippen LogP contribution in [0.15, 0.2) is 158 Å². The van der Waals surface area contributed by atoms with E-state index in [1.54, 1.807) is 0 Å². The summed E-state index contributed by atoms with van der Waals surface area (Å²) in [6.07, 6.45) is 101. The van der Waals surface area contributed by atoms with Crippen LogP contribution in [-0.2, 0) is 28.6 Å². The van der Waals surface area contributed by atoms with Gasteiger partial charge in [-0.05, 0) is 148 Å². The van der Waals surface area contributed by atoms with Crippen molar-refractivity contribution < 1.29 is 28.6 Å². The third-order valence-electron chi connectivity index (χ3n) is 14.0. The molecule has 0 amide bonds. The lowest BCUT2D eigenvalue weighted by Gasteiger charge is -2.18. The van der Waals surface area contributed by atoms with E-state index in [-0.39, 0.29) is 37.5 Å². The fourth-order valence-corrected chi connectivity index (χ4v) is 8.92. The van der Waals surface area contributed by atoms with E-state index in [4.69, 9.17) is 14.2 Å². The van der Waals surface area contributed by atoms with Crippen LogP contribution >= 0.6 is 0 Å². The SMILES string of the molecule is CC/C=C\C/C=C\C/C=C\C/C=C\C/C=C\C/C=C\C/C=C\C/C=C\C/C=C\CCCC(=O)OCC(COC(=O)CCCCCCC/C=C\CCCCCCCC)OC(=O)CCCCCCCC/C=C\C/C=C\C/C=C\CCCCCCC. The van der Waals surface area contributed by atoms with Gasteiger partial charge in [0.25, 0.3) is 0 Å². The maximum Gasteiger partial charge on any atom is 0.306 e. The second-order valence-electron chi connectivity index (χ2n) is 22.0. The van der Waals surface area contributed by atoms with Crippen LogP contribution in [0.1, 0.15) is 290 Å². The molecule has 1 atom stereocenters. The summed E-state index contributed by atoms with van der Waals surface area (Å²) in [5, 5.41) is 0. The first-order valence-electron chi connectivity index (χ1n) is 34.0. The van der Waals surface area contributed by atoms with Crippen LogP contribution in [0.4, 0.5) is 0 Å². The average Bonchev–Trinajstić information content (AvgIpc) is 3.49. The van der Waals surface area contributed by atoms with Gasteiger partial charge in [-0.1, -0.05) is 281 Å². The zero-order valence-electron chi connectivity index (χ0n) is 53.7. The molecular weight excluding hydrogens is 1020 g/mol. The minimum atomic E-state index is -0.821. The Labute approximate surface area is 511 Å². The molecule has 468 valence electrons. The molecule has 0 heterocycles. The van der Waals surface area contributed by atoms with Crippen LogP contribution in [-0.4, -0.2) is 37.2 Å². The monoisotopic (exact) mass is 1140 g/mol. The molecule has 0 aliphatic carbocycles. The van der Waals surface area contributed by atoms with Crippen molar-refractivity contribution in [1.29, 1.82) is 0 Å². The summed E-state index contributed by atoms with van der Waals surface area (Å²) in [4.78, 5) is 38.4. The highest BCUT2D eigenvalue weighted by Gasteiger charge is 2.19. The van der Waals surface area contributed by atoms with Crippen LogP contribution in [0, 0.1) is 0 Å². The van der Waals surface area contributed by atoms with Crippen molar-refractivity contribution in [3.63, 3.8) is 0 Å². The largest absolute Gasteiger partial charge is 0.462 e. The molecule has 0 aromatic rings. The van der Waals surface area contributed by atoms with Gasteiger partial charge in [-0.3, -0.25) is 14.4 Å². The Kier molecular flexibility index (Phi) is 65.4. The first kappa shape index (κ1) is 78.0. The van der Waals surface area contributed by atoms with Gasteiger partial charge in [0.1, 0.15) is 13.2 Å². The van der Waals surface area contributed by atoms with Gasteiger partial charge in [0.15, 0.2) is 6.10 Å². The second kappa shape index (κ2) is 69.5. The number of carbonyl (C=O) groups is 3. The fourth-order valence-electron chi connectivity index (χ4n) is 8.92. The van der Waals surface area contributed by atoms with Gasteiger partial charge in [0, 0.05) is 19.3 Å². The van der Waals surface area contributed by atoms with Crippen LogP contribution in [0.3, 0.4) is 0 Å². The zero-order chi connectivity index (χ0) is 59.9. The molecule has 0 spiro atoms. The second-order valence-corrected chi connectivity index (χ2v) is 22.0. The Morgan fingerprint density at radius 2 is 0.482 bits per heavy atom. The maximum absolute atomic E-state index is 12.9. The van der Waals surface area contributed by atoms with Crippen LogP contribution < -0.4 is 0 Å². The number of ether oxygens (including phenoxy) is 3. The molecule has 1 unspecified atom stereocenters. The lowest BCUT2D eigenvalue weighted by molar-refractivity contribution is -0.167. The summed E-state index contributed by atoms with van der Waals surface area (Å²) in [7, 11) is 0. The highest BCUT2D eigenvalue weighted by molar-refractivity contribution is 5.71. The molecule has 0 fully saturated rings. The number of rotatable bonds is 60. The van der Waals surface area contributed by atoms with Crippen molar-refractivity contribution in [3.05, 3.63) is 158 Å². The van der Waals surface area contributed by atoms with E-state index in [9.17, 15) is 14.4 Å². The Balaban J connectivity index is 4.51. The number of hydrogen-bond acceptors (Lipinski definition) is 6. The number of unbranched alkanes of at least 4 members (excludes halogenated alkanes) is 23. The molecule has 0 aromatic heterocycles. The number of allylic oxidation sites excluding steroid dienone is 26. The summed E-state index contributed by atoms with van der Waals surface area (Å²) in [5.41, 5.74) is 0. The molecule has 0 saturated heterocycles. The average molecular weight is 1150 g/mol. The van der Waals surface area contributed by atoms with Crippen molar-refractivity contribution >= 4 is 17.9 Å². The summed E-state index contributed by atoms with van der Waals surface area (Å²) >= 11 is 0. The topological polar surface area (TPSA) is 78.9 Å². The molecule has 0 radical (unpaired) electrons. The maximum atomic E-state index is 12.9. The van der Waals surface area contributed by atoms with Crippen LogP contribution in [0.5, 0.6) is 0 Å². The summed E-state index contributed by atoms with van der Waals surface area (Å²) < 4.78 is 16.9. The van der Waals surface area contributed by atoms with E-state index in [0.717, 1.165) is 141 Å². The molecule has 6 heteroatoms. The number of esters is 3. The number of hydrogen-bond donors (Lipinski definition) is 0. The first-order valence-corrected chi connectivity index (χ1v) is 34.0. The Bertz CT molecular complexity index is 1840. The predicted octanol–water partition coefficient (Wildman–Crippen LogP) is 23.7. The standard InChI is InChI=1S/C77H124O6/c1-4-7-10-13-16-19-22-25-28-30-32-34-35-36-37-38-39-40-41-43-44-46-49-52-55-58-61-64-67-70-76(79)82-73-74(72-81-75(78)69-66-63-60-57-54-51-48-27-24-21-18-15-12-9-6-3)83-77(80)71-68-65-62-59-56-53-50-47-45-42-33-31-29-26-23-20-17-14-11-8-5-2/h7,10,16,19,23,25-28,31-34,36-37,39-40,43-45,47-49,52,58,61,74H,4-6,8-9,11-15,17-18,20-22,24,29-30,35,38,41-42,46,50-51,53-57,59-60,62-73H2,1-3H3/b10-7-,19-16-,26-23-,28-25-,33-31-,34-32-,37-36-,40-39-,44-43-,47-45-,48-27-,52-49-,61-58-. The van der Waals surface area contributed by atoms with Gasteiger partial charge >= 0.3 is 17.9 Å². The summed E-state index contributed by atoms with van der Waals surface area (Å²) in [6, 6.07) is 0. The van der Waals surface area contributed by atoms with Crippen LogP contribution in [0.25, 0.3) is 0 Å². The van der Waals surface area contributed by atoms with E-state index < -0.39 is 6.10 Å². The Morgan fingerprint density at radius 1 is 0.253 bits per heavy atom. The Hall–Kier alpha value is -4.97. The van der Waals surface area contributed by atoms with E-state index in [1.807, 2.05) is 0 Å². The molecule has 0 saturated carbocycles. The predicted molar refractivity (Wildman–Crippen MR) is 362 cm³/mol. The third-order valence-corrected chi connectivity index (χ3v) is 14.0. The molecule has 0 aliphatic rings. The first-order chi connectivity index (χ1) is 41.0. The van der Waals surface area contributed by atoms with Gasteiger partial charge in [-0.25, -0.2) is 0 Å². The van der Waals surface area contributed by atoms with Crippen molar-refractivity contribution in [1.82, 2.24) is 0 Å². The van der Waals surface area contributed by atoms with E-state index in [0.29, 0.717) is 19.3 Å². The van der Waals surface area contributed by atoms with Crippen molar-refractivity contribution in [2.75, 3.05) is 13.2 Å². The Morgan fingerprint density at radius 3 is 0.795 bits per heavy atom. The summed E-state index contributed by atoms with van der Waals surface area (Å²) in [6.45, 7) is 6.45. The molecule has 0 bridgehead atoms. The molecule has 83 heavy (non-hydrogen) atoms. The molecular formula is C77H124O6. The third kappa shape index (κ3) is 67.7. The number of carbonyl (C=O) groups excluding carboxylic acids is 3. The van der Waals surface area contributed by atoms with Crippen molar-refractivity contribution in [2.45, 2.75) is 297 Å². The van der Waals surface area contributed by atoms with Crippen LogP contribution in [0.2, 0.25) is 0 Å². The smallest absolute Gasteiger partial charge is 0.306 e. The van der Waals surface area contributed by atoms with E-state index in [1.165, 1.54) is 103 Å². The van der Waals surface area contributed by atoms with Gasteiger partial charge < -0.3 is 14.2 Å². The minimum Gasteiger partial charge on any atom is -0.462 e. The highest BCUT2D eigenvalue weighted by atomic mass is 16.6. The molecule has 0 aliphatic heterocycles. The van der Waals surface area contributed by atoms with Crippen molar-refractivity contribution in [3.8, 4) is 0 Å². The summed E-state index contributed by atoms with van der Waals surface area (Å²) in [5.74, 6) is -0.994. The van der Waals surface area contributed by atoms with Gasteiger partial charge in [-0.15, -0.1) is 0 Å². The van der Waals surface area contributed by atoms with Gasteiger partial charge in [-0.2, -0.15) is 0 Å². The van der Waals surface area contributed by atoms with Gasteiger partial charge in [0.2, 0.25) is 0 Å². The fraction of sp³-hybridized carbons (Fsp3) is 0.623. The normalized spacial score (nSPS) is 13.1. The van der Waals surface area contributed by atoms with Gasteiger partial charge in [0.05, 0.1) is 0 Å². The quantitative estimate of drug-likeness (QED) is 0.0261. The molecule has 0 rings (SSSR count). The van der Waals surface area contributed by atoms with Crippen molar-refractivity contribution in [2.24, 2.45) is 0 Å². The highest BCUT2D eigenvalue weighted by Crippen LogP contribution is 2.14. The minimum absolute atomic E-state index is 0.111. The lowest BCUT2D eigenvalue weighted by Crippen LogP contribution is -2.30. The molecule has 6 nitrogen and oxygen atoms in total. The molecule has 0 N–H and O–H groups in total. The van der Waals surface area contributed by atoms with E-state index >= 15 is 0 Å². The lowest BCUT2D eigenvalue weighted by atomic mass is 10.1. The zero-order valence-corrected chi connectivity index (χ0v) is 53.7. The van der Waals surface area contributed by atoms with E-state index in [2.05, 4.69) is 179 Å².